The van der Waals surface area contributed by atoms with Crippen molar-refractivity contribution < 1.29 is 4.79 Å². The summed E-state index contributed by atoms with van der Waals surface area (Å²) in [4.78, 5) is 19.3. The molecule has 0 radical (unpaired) electrons. The first-order chi connectivity index (χ1) is 8.81. The molecule has 4 heteroatoms. The fraction of sp³-hybridized carbons (Fsp3) is 0.143. The van der Waals surface area contributed by atoms with E-state index in [1.807, 2.05) is 36.6 Å². The van der Waals surface area contributed by atoms with E-state index in [9.17, 15) is 4.79 Å². The zero-order valence-electron chi connectivity index (χ0n) is 9.96. The van der Waals surface area contributed by atoms with Crippen molar-refractivity contribution in [2.45, 2.75) is 11.4 Å². The third kappa shape index (κ3) is 1.69. The van der Waals surface area contributed by atoms with E-state index >= 15 is 0 Å². The van der Waals surface area contributed by atoms with Gasteiger partial charge in [-0.15, -0.1) is 11.8 Å². The maximum Gasteiger partial charge on any atom is 0.260 e. The number of pyridine rings is 1. The third-order valence-electron chi connectivity index (χ3n) is 3.09. The number of rotatable bonds is 2. The average Bonchev–Trinajstić information content (AvgIpc) is 2.77. The molecule has 0 spiro atoms. The number of carbonyl (C=O) groups excluding carboxylic acids is 1. The molecule has 1 amide bonds. The minimum absolute atomic E-state index is 0.0844. The summed E-state index contributed by atoms with van der Waals surface area (Å²) in [5.74, 6) is 0.0844. The second kappa shape index (κ2) is 4.46. The molecule has 3 nitrogen and oxygen atoms in total. The lowest BCUT2D eigenvalue weighted by atomic mass is 10.1. The van der Waals surface area contributed by atoms with Gasteiger partial charge in [-0.05, 0) is 30.0 Å². The Balaban J connectivity index is 2.05. The molecular weight excluding hydrogens is 244 g/mol. The van der Waals surface area contributed by atoms with Crippen molar-refractivity contribution >= 4 is 23.4 Å². The van der Waals surface area contributed by atoms with Crippen molar-refractivity contribution in [2.24, 2.45) is 0 Å². The van der Waals surface area contributed by atoms with Crippen LogP contribution in [-0.2, 0) is 6.54 Å². The van der Waals surface area contributed by atoms with Crippen LogP contribution in [-0.4, -0.2) is 17.1 Å². The maximum absolute atomic E-state index is 12.5. The molecule has 1 aromatic carbocycles. The number of carbonyl (C=O) groups is 1. The monoisotopic (exact) mass is 256 g/mol. The summed E-state index contributed by atoms with van der Waals surface area (Å²) >= 11 is 1.62. The van der Waals surface area contributed by atoms with Gasteiger partial charge in [0, 0.05) is 23.0 Å². The fourth-order valence-corrected chi connectivity index (χ4v) is 2.87. The molecule has 1 aliphatic heterocycles. The number of hydrogen-bond donors (Lipinski definition) is 0. The molecule has 0 N–H and O–H groups in total. The molecule has 18 heavy (non-hydrogen) atoms. The van der Waals surface area contributed by atoms with Crippen LogP contribution in [0, 0.1) is 0 Å². The molecule has 0 atom stereocenters. The number of aromatic nitrogens is 1. The van der Waals surface area contributed by atoms with Crippen molar-refractivity contribution in [3.8, 4) is 0 Å². The topological polar surface area (TPSA) is 33.2 Å². The fourth-order valence-electron chi connectivity index (χ4n) is 2.23. The van der Waals surface area contributed by atoms with Crippen molar-refractivity contribution in [1.82, 2.24) is 4.98 Å². The first kappa shape index (κ1) is 11.3. The molecule has 3 rings (SSSR count). The predicted molar refractivity (Wildman–Crippen MR) is 73.0 cm³/mol. The maximum atomic E-state index is 12.5. The van der Waals surface area contributed by atoms with E-state index in [2.05, 4.69) is 4.98 Å². The van der Waals surface area contributed by atoms with Crippen molar-refractivity contribution in [1.29, 1.82) is 0 Å². The molecule has 2 heterocycles. The Morgan fingerprint density at radius 1 is 1.22 bits per heavy atom. The van der Waals surface area contributed by atoms with Crippen molar-refractivity contribution in [3.05, 3.63) is 53.9 Å². The van der Waals surface area contributed by atoms with E-state index in [4.69, 9.17) is 0 Å². The number of thioether (sulfide) groups is 1. The molecule has 1 aliphatic rings. The third-order valence-corrected chi connectivity index (χ3v) is 3.87. The molecule has 0 fully saturated rings. The summed E-state index contributed by atoms with van der Waals surface area (Å²) in [6.45, 7) is 0.645. The van der Waals surface area contributed by atoms with Gasteiger partial charge in [0.15, 0.2) is 0 Å². The summed E-state index contributed by atoms with van der Waals surface area (Å²) in [7, 11) is 0. The minimum Gasteiger partial charge on any atom is -0.304 e. The Morgan fingerprint density at radius 2 is 2.00 bits per heavy atom. The first-order valence-electron chi connectivity index (χ1n) is 5.69. The standard InChI is InChI=1S/C14H12N2OS/c1-18-12-4-2-3-10-9-16(14(17)13(10)12)11-5-7-15-8-6-11/h2-8H,9H2,1H3. The van der Waals surface area contributed by atoms with Gasteiger partial charge in [-0.2, -0.15) is 0 Å². The summed E-state index contributed by atoms with van der Waals surface area (Å²) < 4.78 is 0. The van der Waals surface area contributed by atoms with Gasteiger partial charge in [0.25, 0.3) is 5.91 Å². The first-order valence-corrected chi connectivity index (χ1v) is 6.91. The Kier molecular flexibility index (Phi) is 2.80. The van der Waals surface area contributed by atoms with Crippen LogP contribution in [0.3, 0.4) is 0 Å². The molecule has 0 saturated carbocycles. The van der Waals surface area contributed by atoms with Crippen LogP contribution in [0.2, 0.25) is 0 Å². The normalized spacial score (nSPS) is 13.8. The van der Waals surface area contributed by atoms with Crippen LogP contribution in [0.5, 0.6) is 0 Å². The number of hydrogen-bond acceptors (Lipinski definition) is 3. The van der Waals surface area contributed by atoms with Gasteiger partial charge in [-0.1, -0.05) is 12.1 Å². The lowest BCUT2D eigenvalue weighted by Gasteiger charge is -2.15. The van der Waals surface area contributed by atoms with Gasteiger partial charge in [0.2, 0.25) is 0 Å². The van der Waals surface area contributed by atoms with Gasteiger partial charge in [0.05, 0.1) is 12.1 Å². The number of anilines is 1. The van der Waals surface area contributed by atoms with Crippen LogP contribution < -0.4 is 4.90 Å². The van der Waals surface area contributed by atoms with Crippen LogP contribution in [0.25, 0.3) is 0 Å². The smallest absolute Gasteiger partial charge is 0.260 e. The lowest BCUT2D eigenvalue weighted by Crippen LogP contribution is -2.23. The predicted octanol–water partition coefficient (Wildman–Crippen LogP) is 2.96. The molecule has 90 valence electrons. The van der Waals surface area contributed by atoms with Crippen molar-refractivity contribution in [3.63, 3.8) is 0 Å². The minimum atomic E-state index is 0.0844. The molecule has 2 aromatic rings. The molecule has 0 aliphatic carbocycles. The van der Waals surface area contributed by atoms with Gasteiger partial charge >= 0.3 is 0 Å². The second-order valence-corrected chi connectivity index (χ2v) is 4.94. The average molecular weight is 256 g/mol. The van der Waals surface area contributed by atoms with Crippen LogP contribution in [0.15, 0.2) is 47.6 Å². The Hall–Kier alpha value is -1.81. The van der Waals surface area contributed by atoms with E-state index < -0.39 is 0 Å². The molecular formula is C14H12N2OS. The largest absolute Gasteiger partial charge is 0.304 e. The number of fused-ring (bicyclic) bond motifs is 1. The highest BCUT2D eigenvalue weighted by atomic mass is 32.2. The van der Waals surface area contributed by atoms with Gasteiger partial charge in [0.1, 0.15) is 0 Å². The Labute approximate surface area is 110 Å². The van der Waals surface area contributed by atoms with Gasteiger partial charge in [-0.3, -0.25) is 9.78 Å². The SMILES string of the molecule is CSc1cccc2c1C(=O)N(c1ccncc1)C2. The van der Waals surface area contributed by atoms with Crippen LogP contribution in [0.4, 0.5) is 5.69 Å². The number of benzene rings is 1. The zero-order chi connectivity index (χ0) is 12.5. The second-order valence-electron chi connectivity index (χ2n) is 4.09. The van der Waals surface area contributed by atoms with Gasteiger partial charge in [-0.25, -0.2) is 0 Å². The van der Waals surface area contributed by atoms with Crippen molar-refractivity contribution in [2.75, 3.05) is 11.2 Å². The van der Waals surface area contributed by atoms with E-state index in [1.165, 1.54) is 0 Å². The highest BCUT2D eigenvalue weighted by Gasteiger charge is 2.30. The summed E-state index contributed by atoms with van der Waals surface area (Å²) in [5.41, 5.74) is 2.85. The van der Waals surface area contributed by atoms with E-state index in [0.29, 0.717) is 6.54 Å². The van der Waals surface area contributed by atoms with Crippen LogP contribution >= 0.6 is 11.8 Å². The lowest BCUT2D eigenvalue weighted by molar-refractivity contribution is 0.0994. The number of amides is 1. The zero-order valence-corrected chi connectivity index (χ0v) is 10.8. The molecule has 1 aromatic heterocycles. The van der Waals surface area contributed by atoms with E-state index in [-0.39, 0.29) is 5.91 Å². The molecule has 0 unspecified atom stereocenters. The highest BCUT2D eigenvalue weighted by molar-refractivity contribution is 7.98. The highest BCUT2D eigenvalue weighted by Crippen LogP contribution is 2.33. The summed E-state index contributed by atoms with van der Waals surface area (Å²) in [6, 6.07) is 9.75. The van der Waals surface area contributed by atoms with E-state index in [1.54, 1.807) is 29.1 Å². The number of nitrogens with zero attached hydrogens (tertiary/aromatic N) is 2. The van der Waals surface area contributed by atoms with Crippen LogP contribution in [0.1, 0.15) is 15.9 Å². The quantitative estimate of drug-likeness (QED) is 0.774. The Morgan fingerprint density at radius 3 is 2.72 bits per heavy atom. The summed E-state index contributed by atoms with van der Waals surface area (Å²) in [5, 5.41) is 0. The Bertz CT molecular complexity index is 598. The summed E-state index contributed by atoms with van der Waals surface area (Å²) in [6.07, 6.45) is 5.42. The van der Waals surface area contributed by atoms with E-state index in [0.717, 1.165) is 21.7 Å². The molecule has 0 bridgehead atoms. The van der Waals surface area contributed by atoms with Gasteiger partial charge < -0.3 is 4.90 Å². The molecule has 0 saturated heterocycles.